The highest BCUT2D eigenvalue weighted by molar-refractivity contribution is 5.50. The van der Waals surface area contributed by atoms with Crippen molar-refractivity contribution in [2.24, 2.45) is 0 Å². The lowest BCUT2D eigenvalue weighted by molar-refractivity contribution is 0.0785. The maximum atomic E-state index is 10.3. The fourth-order valence-corrected chi connectivity index (χ4v) is 3.72. The molecule has 0 saturated heterocycles. The zero-order chi connectivity index (χ0) is 19.9. The number of benzene rings is 1. The summed E-state index contributed by atoms with van der Waals surface area (Å²) in [5.74, 6) is 2.39. The number of hydrogen-bond donors (Lipinski definition) is 2. The third-order valence-corrected chi connectivity index (χ3v) is 5.96. The zero-order valence-corrected chi connectivity index (χ0v) is 17.5. The van der Waals surface area contributed by atoms with Crippen LogP contribution in [0.2, 0.25) is 0 Å². The maximum Gasteiger partial charge on any atom is 0.225 e. The molecule has 4 rings (SSSR count). The van der Waals surface area contributed by atoms with E-state index in [4.69, 9.17) is 9.97 Å². The number of nitrogens with one attached hydrogen (secondary N) is 1. The smallest absolute Gasteiger partial charge is 0.225 e. The summed E-state index contributed by atoms with van der Waals surface area (Å²) in [6, 6.07) is 8.93. The molecule has 150 valence electrons. The third-order valence-electron chi connectivity index (χ3n) is 5.96. The first-order valence-electron chi connectivity index (χ1n) is 10.6. The number of anilines is 2. The second-order valence-corrected chi connectivity index (χ2v) is 8.92. The lowest BCUT2D eigenvalue weighted by atomic mass is 9.91. The average molecular weight is 381 g/mol. The van der Waals surface area contributed by atoms with Crippen LogP contribution in [0.1, 0.15) is 75.3 Å². The maximum absolute atomic E-state index is 10.3. The second-order valence-electron chi connectivity index (χ2n) is 8.92. The van der Waals surface area contributed by atoms with Gasteiger partial charge in [-0.1, -0.05) is 25.1 Å². The molecule has 2 aromatic rings. The first-order chi connectivity index (χ1) is 13.3. The van der Waals surface area contributed by atoms with Gasteiger partial charge in [-0.2, -0.15) is 4.98 Å². The predicted octanol–water partition coefficient (Wildman–Crippen LogP) is 4.35. The van der Waals surface area contributed by atoms with Crippen molar-refractivity contribution in [3.05, 3.63) is 46.6 Å². The van der Waals surface area contributed by atoms with Crippen LogP contribution in [0.4, 0.5) is 11.8 Å². The van der Waals surface area contributed by atoms with Crippen molar-refractivity contribution >= 4 is 11.8 Å². The molecule has 5 nitrogen and oxygen atoms in total. The van der Waals surface area contributed by atoms with Crippen molar-refractivity contribution in [1.82, 2.24) is 9.97 Å². The first kappa shape index (κ1) is 19.2. The Bertz CT molecular complexity index is 854. The quantitative estimate of drug-likeness (QED) is 0.780. The van der Waals surface area contributed by atoms with Gasteiger partial charge in [-0.25, -0.2) is 4.98 Å². The number of nitrogens with zero attached hydrogens (tertiary/aromatic N) is 3. The lowest BCUT2D eigenvalue weighted by Gasteiger charge is -2.31. The van der Waals surface area contributed by atoms with E-state index in [-0.39, 0.29) is 0 Å². The molecule has 0 unspecified atom stereocenters. The van der Waals surface area contributed by atoms with Crippen molar-refractivity contribution in [1.29, 1.82) is 0 Å². The molecule has 0 bridgehead atoms. The zero-order valence-electron chi connectivity index (χ0n) is 17.5. The first-order valence-corrected chi connectivity index (χ1v) is 10.6. The molecule has 1 aliphatic heterocycles. The summed E-state index contributed by atoms with van der Waals surface area (Å²) in [4.78, 5) is 12.0. The Kier molecular flexibility index (Phi) is 5.04. The molecule has 1 fully saturated rings. The van der Waals surface area contributed by atoms with E-state index in [1.165, 1.54) is 29.7 Å². The van der Waals surface area contributed by atoms with Crippen LogP contribution in [-0.4, -0.2) is 27.7 Å². The van der Waals surface area contributed by atoms with Gasteiger partial charge in [-0.3, -0.25) is 0 Å². The van der Waals surface area contributed by atoms with Crippen molar-refractivity contribution in [2.45, 2.75) is 77.5 Å². The van der Waals surface area contributed by atoms with Crippen LogP contribution in [0.15, 0.2) is 24.3 Å². The van der Waals surface area contributed by atoms with Gasteiger partial charge >= 0.3 is 0 Å². The Morgan fingerprint density at radius 1 is 1.21 bits per heavy atom. The summed E-state index contributed by atoms with van der Waals surface area (Å²) >= 11 is 0. The number of hydrogen-bond acceptors (Lipinski definition) is 5. The van der Waals surface area contributed by atoms with Crippen LogP contribution in [0.5, 0.6) is 0 Å². The molecule has 2 N–H and O–H groups in total. The van der Waals surface area contributed by atoms with E-state index in [9.17, 15) is 5.11 Å². The van der Waals surface area contributed by atoms with Gasteiger partial charge in [0.05, 0.1) is 11.3 Å². The lowest BCUT2D eigenvalue weighted by Crippen LogP contribution is -2.32. The van der Waals surface area contributed by atoms with Crippen LogP contribution < -0.4 is 10.2 Å². The Morgan fingerprint density at radius 2 is 2.00 bits per heavy atom. The van der Waals surface area contributed by atoms with E-state index in [2.05, 4.69) is 42.3 Å². The molecule has 5 heteroatoms. The van der Waals surface area contributed by atoms with Crippen molar-refractivity contribution in [2.75, 3.05) is 16.8 Å². The number of aliphatic hydroxyl groups is 1. The SMILES string of the molecule is CC[C@H](C)Nc1nc(C2CC2)cc(N2CCc3cc(C(C)(C)O)ccc3C2)n1. The molecule has 0 spiro atoms. The summed E-state index contributed by atoms with van der Waals surface area (Å²) in [5.41, 5.74) is 4.03. The molecule has 1 atom stereocenters. The monoisotopic (exact) mass is 380 g/mol. The van der Waals surface area contributed by atoms with Crippen molar-refractivity contribution < 1.29 is 5.11 Å². The molecule has 1 aliphatic carbocycles. The van der Waals surface area contributed by atoms with E-state index in [1.54, 1.807) is 0 Å². The molecule has 2 heterocycles. The van der Waals surface area contributed by atoms with E-state index in [0.29, 0.717) is 12.0 Å². The van der Waals surface area contributed by atoms with Crippen LogP contribution in [0.25, 0.3) is 0 Å². The molecular formula is C23H32N4O. The fourth-order valence-electron chi connectivity index (χ4n) is 3.72. The van der Waals surface area contributed by atoms with Gasteiger partial charge < -0.3 is 15.3 Å². The van der Waals surface area contributed by atoms with Crippen LogP contribution in [0, 0.1) is 0 Å². The molecule has 1 saturated carbocycles. The molecular weight excluding hydrogens is 348 g/mol. The Balaban J connectivity index is 1.59. The number of rotatable bonds is 6. The highest BCUT2D eigenvalue weighted by Gasteiger charge is 2.28. The van der Waals surface area contributed by atoms with Crippen molar-refractivity contribution in [3.63, 3.8) is 0 Å². The van der Waals surface area contributed by atoms with Gasteiger partial charge in [0.1, 0.15) is 5.82 Å². The Morgan fingerprint density at radius 3 is 2.68 bits per heavy atom. The molecule has 1 aromatic carbocycles. The summed E-state index contributed by atoms with van der Waals surface area (Å²) < 4.78 is 0. The molecule has 28 heavy (non-hydrogen) atoms. The highest BCUT2D eigenvalue weighted by Crippen LogP contribution is 2.40. The van der Waals surface area contributed by atoms with Gasteiger partial charge in [0.15, 0.2) is 0 Å². The molecule has 0 amide bonds. The van der Waals surface area contributed by atoms with E-state index >= 15 is 0 Å². The minimum atomic E-state index is -0.797. The summed E-state index contributed by atoms with van der Waals surface area (Å²) in [7, 11) is 0. The Hall–Kier alpha value is -2.14. The van der Waals surface area contributed by atoms with Gasteiger partial charge in [-0.15, -0.1) is 0 Å². The molecule has 0 radical (unpaired) electrons. The summed E-state index contributed by atoms with van der Waals surface area (Å²) in [5, 5.41) is 13.8. The number of fused-ring (bicyclic) bond motifs is 1. The normalized spacial score (nSPS) is 18.0. The fraction of sp³-hybridized carbons (Fsp3) is 0.565. The van der Waals surface area contributed by atoms with E-state index in [1.807, 2.05) is 19.9 Å². The molecule has 1 aromatic heterocycles. The predicted molar refractivity (Wildman–Crippen MR) is 114 cm³/mol. The van der Waals surface area contributed by atoms with Gasteiger partial charge in [0.2, 0.25) is 5.95 Å². The molecule has 2 aliphatic rings. The van der Waals surface area contributed by atoms with Crippen molar-refractivity contribution in [3.8, 4) is 0 Å². The second kappa shape index (κ2) is 7.36. The average Bonchev–Trinajstić information content (AvgIpc) is 3.51. The third kappa shape index (κ3) is 4.14. The minimum Gasteiger partial charge on any atom is -0.386 e. The summed E-state index contributed by atoms with van der Waals surface area (Å²) in [6.45, 7) is 9.82. The largest absolute Gasteiger partial charge is 0.386 e. The van der Waals surface area contributed by atoms with Crippen LogP contribution in [-0.2, 0) is 18.6 Å². The van der Waals surface area contributed by atoms with E-state index in [0.717, 1.165) is 43.3 Å². The Labute approximate surface area is 168 Å². The topological polar surface area (TPSA) is 61.3 Å². The number of aromatic nitrogens is 2. The van der Waals surface area contributed by atoms with E-state index < -0.39 is 5.60 Å². The standard InChI is InChI=1S/C23H32N4O/c1-5-15(2)24-22-25-20(16-6-7-16)13-21(26-22)27-11-10-17-12-19(23(3,4)28)9-8-18(17)14-27/h8-9,12-13,15-16,28H,5-7,10-11,14H2,1-4H3,(H,24,25,26)/t15-/m0/s1. The van der Waals surface area contributed by atoms with Crippen LogP contribution >= 0.6 is 0 Å². The minimum absolute atomic E-state index is 0.365. The van der Waals surface area contributed by atoms with Crippen LogP contribution in [0.3, 0.4) is 0 Å². The highest BCUT2D eigenvalue weighted by atomic mass is 16.3. The van der Waals surface area contributed by atoms with Gasteiger partial charge in [0, 0.05) is 31.1 Å². The van der Waals surface area contributed by atoms with Gasteiger partial charge in [-0.05, 0) is 63.1 Å². The van der Waals surface area contributed by atoms with Gasteiger partial charge in [0.25, 0.3) is 0 Å². The summed E-state index contributed by atoms with van der Waals surface area (Å²) in [6.07, 6.45) is 4.49.